The van der Waals surface area contributed by atoms with Gasteiger partial charge in [-0.1, -0.05) is 18.2 Å². The first-order valence-corrected chi connectivity index (χ1v) is 7.70. The van der Waals surface area contributed by atoms with E-state index in [9.17, 15) is 14.7 Å². The first-order chi connectivity index (χ1) is 11.6. The maximum absolute atomic E-state index is 12.9. The molecule has 1 atom stereocenters. The van der Waals surface area contributed by atoms with Crippen molar-refractivity contribution in [3.05, 3.63) is 59.9 Å². The normalized spacial score (nSPS) is 20.0. The Hall–Kier alpha value is -2.89. The Balaban J connectivity index is 2.12. The largest absolute Gasteiger partial charge is 0.496 e. The number of aliphatic carboxylic acids is 1. The average molecular weight is 326 g/mol. The van der Waals surface area contributed by atoms with E-state index in [0.29, 0.717) is 36.3 Å². The summed E-state index contributed by atoms with van der Waals surface area (Å²) in [5.74, 6) is -0.929. The number of likely N-dealkylation sites (tertiary alicyclic amines) is 1. The summed E-state index contributed by atoms with van der Waals surface area (Å²) >= 11 is 0. The van der Waals surface area contributed by atoms with Crippen LogP contribution in [-0.2, 0) is 10.3 Å². The summed E-state index contributed by atoms with van der Waals surface area (Å²) in [6.45, 7) is 0.373. The van der Waals surface area contributed by atoms with E-state index in [4.69, 9.17) is 4.74 Å². The minimum absolute atomic E-state index is 0.339. The number of benzene rings is 1. The fourth-order valence-corrected chi connectivity index (χ4v) is 3.34. The molecule has 2 heterocycles. The fraction of sp³-hybridized carbons (Fsp3) is 0.278. The number of carbonyl (C=O) groups excluding carboxylic acids is 1. The van der Waals surface area contributed by atoms with Gasteiger partial charge in [-0.15, -0.1) is 0 Å². The SMILES string of the molecule is COc1ccccc1C1(C(=O)O)CCCN1C(=O)c1cccnc1. The lowest BCUT2D eigenvalue weighted by molar-refractivity contribution is -0.149. The van der Waals surface area contributed by atoms with Crippen molar-refractivity contribution in [1.82, 2.24) is 9.88 Å². The number of amides is 1. The zero-order chi connectivity index (χ0) is 17.2. The third-order valence-corrected chi connectivity index (χ3v) is 4.44. The lowest BCUT2D eigenvalue weighted by Crippen LogP contribution is -2.50. The standard InChI is InChI=1S/C18H18N2O4/c1-24-15-8-3-2-7-14(15)18(17(22)23)9-5-11-20(18)16(21)13-6-4-10-19-12-13/h2-4,6-8,10,12H,5,9,11H2,1H3,(H,22,23). The number of para-hydroxylation sites is 1. The quantitative estimate of drug-likeness (QED) is 0.932. The van der Waals surface area contributed by atoms with Gasteiger partial charge in [-0.3, -0.25) is 9.78 Å². The van der Waals surface area contributed by atoms with Crippen LogP contribution in [0.5, 0.6) is 5.75 Å². The number of carboxylic acid groups (broad SMARTS) is 1. The van der Waals surface area contributed by atoms with Gasteiger partial charge in [0.15, 0.2) is 5.54 Å². The number of nitrogens with zero attached hydrogens (tertiary/aromatic N) is 2. The summed E-state index contributed by atoms with van der Waals surface area (Å²) in [4.78, 5) is 30.6. The van der Waals surface area contributed by atoms with Crippen LogP contribution in [0, 0.1) is 0 Å². The number of ether oxygens (including phenoxy) is 1. The van der Waals surface area contributed by atoms with Crippen molar-refractivity contribution in [3.63, 3.8) is 0 Å². The van der Waals surface area contributed by atoms with Gasteiger partial charge in [0.25, 0.3) is 5.91 Å². The molecule has 0 spiro atoms. The molecule has 6 nitrogen and oxygen atoms in total. The van der Waals surface area contributed by atoms with Crippen molar-refractivity contribution in [2.45, 2.75) is 18.4 Å². The third-order valence-electron chi connectivity index (χ3n) is 4.44. The molecule has 124 valence electrons. The highest BCUT2D eigenvalue weighted by molar-refractivity contribution is 5.98. The molecule has 1 unspecified atom stereocenters. The van der Waals surface area contributed by atoms with Crippen molar-refractivity contribution in [1.29, 1.82) is 0 Å². The Kier molecular flexibility index (Phi) is 4.20. The molecule has 1 saturated heterocycles. The number of hydrogen-bond acceptors (Lipinski definition) is 4. The summed E-state index contributed by atoms with van der Waals surface area (Å²) in [5.41, 5.74) is -0.561. The number of carbonyl (C=O) groups is 2. The van der Waals surface area contributed by atoms with E-state index in [0.717, 1.165) is 0 Å². The molecule has 0 aliphatic carbocycles. The highest BCUT2D eigenvalue weighted by Crippen LogP contribution is 2.43. The number of pyridine rings is 1. The van der Waals surface area contributed by atoms with Gasteiger partial charge < -0.3 is 14.7 Å². The Bertz CT molecular complexity index is 763. The van der Waals surface area contributed by atoms with E-state index in [1.165, 1.54) is 18.2 Å². The Morgan fingerprint density at radius 3 is 2.71 bits per heavy atom. The number of rotatable bonds is 4. The number of methoxy groups -OCH3 is 1. The molecule has 6 heteroatoms. The predicted molar refractivity (Wildman–Crippen MR) is 86.8 cm³/mol. The zero-order valence-electron chi connectivity index (χ0n) is 13.3. The molecule has 1 amide bonds. The van der Waals surface area contributed by atoms with Crippen LogP contribution in [0.1, 0.15) is 28.8 Å². The van der Waals surface area contributed by atoms with Gasteiger partial charge in [0.05, 0.1) is 12.7 Å². The van der Waals surface area contributed by atoms with Crippen molar-refractivity contribution in [2.24, 2.45) is 0 Å². The van der Waals surface area contributed by atoms with Gasteiger partial charge in [-0.25, -0.2) is 4.79 Å². The summed E-state index contributed by atoms with van der Waals surface area (Å²) in [7, 11) is 1.50. The summed E-state index contributed by atoms with van der Waals surface area (Å²) in [5, 5.41) is 10.0. The van der Waals surface area contributed by atoms with Gasteiger partial charge in [0, 0.05) is 24.5 Å². The van der Waals surface area contributed by atoms with E-state index >= 15 is 0 Å². The smallest absolute Gasteiger partial charge is 0.334 e. The van der Waals surface area contributed by atoms with Gasteiger partial charge in [0.1, 0.15) is 5.75 Å². The number of carboxylic acids is 1. The lowest BCUT2D eigenvalue weighted by Gasteiger charge is -2.36. The minimum Gasteiger partial charge on any atom is -0.496 e. The minimum atomic E-state index is -1.43. The van der Waals surface area contributed by atoms with Gasteiger partial charge in [0.2, 0.25) is 0 Å². The molecule has 1 aromatic heterocycles. The molecule has 1 aromatic carbocycles. The molecule has 24 heavy (non-hydrogen) atoms. The van der Waals surface area contributed by atoms with Gasteiger partial charge >= 0.3 is 5.97 Å². The molecule has 2 aromatic rings. The van der Waals surface area contributed by atoms with E-state index in [-0.39, 0.29) is 5.91 Å². The monoisotopic (exact) mass is 326 g/mol. The van der Waals surface area contributed by atoms with Crippen LogP contribution in [-0.4, -0.2) is 40.5 Å². The van der Waals surface area contributed by atoms with Crippen LogP contribution >= 0.6 is 0 Å². The Labute approximate surface area is 139 Å². The predicted octanol–water partition coefficient (Wildman–Crippen LogP) is 2.31. The molecule has 0 saturated carbocycles. The molecular formula is C18H18N2O4. The van der Waals surface area contributed by atoms with Crippen LogP contribution < -0.4 is 4.74 Å². The topological polar surface area (TPSA) is 79.7 Å². The van der Waals surface area contributed by atoms with Crippen LogP contribution in [0.25, 0.3) is 0 Å². The number of hydrogen-bond donors (Lipinski definition) is 1. The third kappa shape index (κ3) is 2.40. The highest BCUT2D eigenvalue weighted by atomic mass is 16.5. The first-order valence-electron chi connectivity index (χ1n) is 7.70. The van der Waals surface area contributed by atoms with Crippen LogP contribution in [0.15, 0.2) is 48.8 Å². The maximum Gasteiger partial charge on any atom is 0.334 e. The van der Waals surface area contributed by atoms with E-state index in [1.54, 1.807) is 42.6 Å². The van der Waals surface area contributed by atoms with Crippen molar-refractivity contribution >= 4 is 11.9 Å². The summed E-state index contributed by atoms with van der Waals surface area (Å²) in [6, 6.07) is 10.3. The van der Waals surface area contributed by atoms with E-state index in [2.05, 4.69) is 4.98 Å². The Morgan fingerprint density at radius 1 is 1.25 bits per heavy atom. The summed E-state index contributed by atoms with van der Waals surface area (Å²) < 4.78 is 5.35. The molecule has 1 aliphatic heterocycles. The highest BCUT2D eigenvalue weighted by Gasteiger charge is 2.53. The van der Waals surface area contributed by atoms with E-state index in [1.807, 2.05) is 0 Å². The average Bonchev–Trinajstić information content (AvgIpc) is 3.07. The van der Waals surface area contributed by atoms with Gasteiger partial charge in [-0.05, 0) is 31.0 Å². The molecule has 0 radical (unpaired) electrons. The lowest BCUT2D eigenvalue weighted by atomic mass is 9.86. The van der Waals surface area contributed by atoms with Crippen LogP contribution in [0.3, 0.4) is 0 Å². The zero-order valence-corrected chi connectivity index (χ0v) is 13.3. The van der Waals surface area contributed by atoms with Crippen molar-refractivity contribution in [2.75, 3.05) is 13.7 Å². The Morgan fingerprint density at radius 2 is 2.04 bits per heavy atom. The second-order valence-electron chi connectivity index (χ2n) is 5.67. The fourth-order valence-electron chi connectivity index (χ4n) is 3.34. The molecule has 3 rings (SSSR count). The second-order valence-corrected chi connectivity index (χ2v) is 5.67. The van der Waals surface area contributed by atoms with Gasteiger partial charge in [-0.2, -0.15) is 0 Å². The second kappa shape index (κ2) is 6.31. The van der Waals surface area contributed by atoms with Crippen molar-refractivity contribution < 1.29 is 19.4 Å². The molecule has 1 N–H and O–H groups in total. The van der Waals surface area contributed by atoms with Crippen LogP contribution in [0.4, 0.5) is 0 Å². The number of aromatic nitrogens is 1. The molecule has 1 fully saturated rings. The molecule has 1 aliphatic rings. The van der Waals surface area contributed by atoms with E-state index < -0.39 is 11.5 Å². The maximum atomic E-state index is 12.9. The van der Waals surface area contributed by atoms with Crippen LogP contribution in [0.2, 0.25) is 0 Å². The molecule has 0 bridgehead atoms. The van der Waals surface area contributed by atoms with Crippen molar-refractivity contribution in [3.8, 4) is 5.75 Å². The first kappa shape index (κ1) is 16.0. The molecular weight excluding hydrogens is 308 g/mol. The summed E-state index contributed by atoms with van der Waals surface area (Å²) in [6.07, 6.45) is 3.98.